The van der Waals surface area contributed by atoms with E-state index in [0.29, 0.717) is 0 Å². The van der Waals surface area contributed by atoms with E-state index >= 15 is 0 Å². The van der Waals surface area contributed by atoms with Crippen LogP contribution in [0, 0.1) is 0 Å². The molecule has 0 atom stereocenters. The van der Waals surface area contributed by atoms with Crippen LogP contribution in [0.2, 0.25) is 0 Å². The largest absolute Gasteiger partial charge is 0.387 e. The molecule has 2 rings (SSSR count). The molecule has 0 radical (unpaired) electrons. The maximum atomic E-state index is 9.75. The molecule has 13 heavy (non-hydrogen) atoms. The molecular weight excluding hydrogens is 166 g/mol. The molecule has 2 heterocycles. The Morgan fingerprint density at radius 2 is 2.46 bits per heavy atom. The number of aromatic amines is 1. The highest BCUT2D eigenvalue weighted by Crippen LogP contribution is 2.24. The minimum Gasteiger partial charge on any atom is -0.387 e. The molecule has 1 fully saturated rings. The summed E-state index contributed by atoms with van der Waals surface area (Å²) in [5, 5.41) is 9.75. The van der Waals surface area contributed by atoms with Crippen LogP contribution in [-0.2, 0) is 6.54 Å². The Hall–Kier alpha value is -0.870. The number of aromatic nitrogens is 2. The third kappa shape index (κ3) is 1.73. The van der Waals surface area contributed by atoms with Gasteiger partial charge in [-0.3, -0.25) is 4.90 Å². The maximum absolute atomic E-state index is 9.75. The number of rotatable bonds is 3. The van der Waals surface area contributed by atoms with Gasteiger partial charge >= 0.3 is 0 Å². The van der Waals surface area contributed by atoms with Crippen molar-refractivity contribution >= 4 is 0 Å². The minimum atomic E-state index is -0.438. The van der Waals surface area contributed by atoms with E-state index in [1.165, 1.54) is 0 Å². The molecule has 1 aromatic rings. The van der Waals surface area contributed by atoms with Crippen molar-refractivity contribution in [3.05, 3.63) is 18.2 Å². The van der Waals surface area contributed by atoms with Crippen LogP contribution in [0.3, 0.4) is 0 Å². The Morgan fingerprint density at radius 3 is 3.00 bits per heavy atom. The van der Waals surface area contributed by atoms with Crippen molar-refractivity contribution < 1.29 is 5.11 Å². The Labute approximate surface area is 77.6 Å². The number of imidazole rings is 1. The van der Waals surface area contributed by atoms with Crippen LogP contribution in [0.1, 0.15) is 19.2 Å². The molecule has 2 N–H and O–H groups in total. The highest BCUT2D eigenvalue weighted by atomic mass is 16.3. The monoisotopic (exact) mass is 181 g/mol. The average Bonchev–Trinajstić information content (AvgIpc) is 2.54. The first-order valence-electron chi connectivity index (χ1n) is 4.65. The summed E-state index contributed by atoms with van der Waals surface area (Å²) in [7, 11) is 0. The summed E-state index contributed by atoms with van der Waals surface area (Å²) < 4.78 is 0. The lowest BCUT2D eigenvalue weighted by atomic mass is 9.91. The Kier molecular flexibility index (Phi) is 2.09. The quantitative estimate of drug-likeness (QED) is 0.708. The van der Waals surface area contributed by atoms with Gasteiger partial charge in [0.15, 0.2) is 0 Å². The Bertz CT molecular complexity index is 264. The molecule has 0 amide bonds. The van der Waals surface area contributed by atoms with Gasteiger partial charge in [0.25, 0.3) is 0 Å². The van der Waals surface area contributed by atoms with Gasteiger partial charge in [-0.25, -0.2) is 4.98 Å². The topological polar surface area (TPSA) is 52.1 Å². The second-order valence-electron chi connectivity index (χ2n) is 3.76. The predicted octanol–water partition coefficient (Wildman–Crippen LogP) is 0.366. The third-order valence-electron chi connectivity index (χ3n) is 2.62. The first-order valence-corrected chi connectivity index (χ1v) is 4.65. The van der Waals surface area contributed by atoms with Crippen molar-refractivity contribution in [3.8, 4) is 0 Å². The Balaban J connectivity index is 1.82. The van der Waals surface area contributed by atoms with Gasteiger partial charge < -0.3 is 10.1 Å². The molecule has 0 unspecified atom stereocenters. The van der Waals surface area contributed by atoms with Gasteiger partial charge in [0.2, 0.25) is 0 Å². The average molecular weight is 181 g/mol. The summed E-state index contributed by atoms with van der Waals surface area (Å²) in [5.74, 6) is 0.971. The van der Waals surface area contributed by atoms with Crippen LogP contribution >= 0.6 is 0 Å². The van der Waals surface area contributed by atoms with Crippen LogP contribution < -0.4 is 0 Å². The van der Waals surface area contributed by atoms with Crippen molar-refractivity contribution in [1.82, 2.24) is 14.9 Å². The number of β-amino-alcohol motifs (C(OH)–C–C–N with tert-alkyl or cyclic N) is 1. The maximum Gasteiger partial charge on any atom is 0.120 e. The molecule has 1 aliphatic rings. The zero-order valence-corrected chi connectivity index (χ0v) is 7.82. The molecule has 1 saturated heterocycles. The number of nitrogens with one attached hydrogen (secondary N) is 1. The fourth-order valence-corrected chi connectivity index (χ4v) is 1.72. The Morgan fingerprint density at radius 1 is 1.69 bits per heavy atom. The van der Waals surface area contributed by atoms with E-state index in [-0.39, 0.29) is 0 Å². The molecule has 1 aliphatic heterocycles. The lowest BCUT2D eigenvalue weighted by Crippen LogP contribution is -2.60. The van der Waals surface area contributed by atoms with Crippen molar-refractivity contribution in [3.63, 3.8) is 0 Å². The molecular formula is C9H15N3O. The molecule has 0 aliphatic carbocycles. The molecule has 4 heteroatoms. The smallest absolute Gasteiger partial charge is 0.120 e. The second-order valence-corrected chi connectivity index (χ2v) is 3.76. The van der Waals surface area contributed by atoms with Crippen LogP contribution in [0.4, 0.5) is 0 Å². The summed E-state index contributed by atoms with van der Waals surface area (Å²) >= 11 is 0. The van der Waals surface area contributed by atoms with E-state index in [9.17, 15) is 5.11 Å². The van der Waals surface area contributed by atoms with Crippen molar-refractivity contribution in [2.45, 2.75) is 25.5 Å². The number of H-pyrrole nitrogens is 1. The van der Waals surface area contributed by atoms with Crippen LogP contribution in [0.25, 0.3) is 0 Å². The second kappa shape index (κ2) is 3.12. The van der Waals surface area contributed by atoms with E-state index in [0.717, 1.165) is 31.9 Å². The first-order chi connectivity index (χ1) is 6.22. The normalized spacial score (nSPS) is 21.4. The summed E-state index contributed by atoms with van der Waals surface area (Å²) in [6, 6.07) is 0. The SMILES string of the molecule is CCC1(O)CN(Cc2ncc[nH]2)C1. The molecule has 0 aromatic carbocycles. The molecule has 0 spiro atoms. The lowest BCUT2D eigenvalue weighted by molar-refractivity contribution is -0.104. The van der Waals surface area contributed by atoms with E-state index in [4.69, 9.17) is 0 Å². The summed E-state index contributed by atoms with van der Waals surface area (Å²) in [6.45, 7) is 4.37. The minimum absolute atomic E-state index is 0.438. The summed E-state index contributed by atoms with van der Waals surface area (Å²) in [4.78, 5) is 9.36. The van der Waals surface area contributed by atoms with Crippen LogP contribution in [0.5, 0.6) is 0 Å². The number of hydrogen-bond acceptors (Lipinski definition) is 3. The van der Waals surface area contributed by atoms with Crippen LogP contribution in [-0.4, -0.2) is 38.7 Å². The highest BCUT2D eigenvalue weighted by Gasteiger charge is 2.39. The molecule has 72 valence electrons. The lowest BCUT2D eigenvalue weighted by Gasteiger charge is -2.45. The van der Waals surface area contributed by atoms with Crippen molar-refractivity contribution in [2.24, 2.45) is 0 Å². The number of likely N-dealkylation sites (tertiary alicyclic amines) is 1. The zero-order chi connectivity index (χ0) is 9.31. The summed E-state index contributed by atoms with van der Waals surface area (Å²) in [6.07, 6.45) is 4.41. The first kappa shape index (κ1) is 8.72. The molecule has 4 nitrogen and oxygen atoms in total. The molecule has 1 aromatic heterocycles. The van der Waals surface area contributed by atoms with Crippen molar-refractivity contribution in [2.75, 3.05) is 13.1 Å². The third-order valence-corrected chi connectivity index (χ3v) is 2.62. The van der Waals surface area contributed by atoms with E-state index in [1.54, 1.807) is 6.20 Å². The van der Waals surface area contributed by atoms with Gasteiger partial charge in [-0.05, 0) is 6.42 Å². The van der Waals surface area contributed by atoms with Crippen LogP contribution in [0.15, 0.2) is 12.4 Å². The van der Waals surface area contributed by atoms with E-state index < -0.39 is 5.60 Å². The predicted molar refractivity (Wildman–Crippen MR) is 49.1 cm³/mol. The number of aliphatic hydroxyl groups is 1. The van der Waals surface area contributed by atoms with Gasteiger partial charge in [0, 0.05) is 25.5 Å². The van der Waals surface area contributed by atoms with Gasteiger partial charge in [0.05, 0.1) is 12.1 Å². The zero-order valence-electron chi connectivity index (χ0n) is 7.82. The highest BCUT2D eigenvalue weighted by molar-refractivity contribution is 4.97. The summed E-state index contributed by atoms with van der Waals surface area (Å²) in [5.41, 5.74) is -0.438. The fourth-order valence-electron chi connectivity index (χ4n) is 1.72. The number of hydrogen-bond donors (Lipinski definition) is 2. The van der Waals surface area contributed by atoms with Gasteiger partial charge in [-0.1, -0.05) is 6.92 Å². The molecule has 0 bridgehead atoms. The van der Waals surface area contributed by atoms with Gasteiger partial charge in [0.1, 0.15) is 5.82 Å². The fraction of sp³-hybridized carbons (Fsp3) is 0.667. The van der Waals surface area contributed by atoms with E-state index in [1.807, 2.05) is 13.1 Å². The molecule has 0 saturated carbocycles. The van der Waals surface area contributed by atoms with Gasteiger partial charge in [-0.15, -0.1) is 0 Å². The van der Waals surface area contributed by atoms with E-state index in [2.05, 4.69) is 14.9 Å². The van der Waals surface area contributed by atoms with Crippen molar-refractivity contribution in [1.29, 1.82) is 0 Å². The standard InChI is InChI=1S/C9H15N3O/c1-2-9(13)6-12(7-9)5-8-10-3-4-11-8/h3-4,13H,2,5-7H2,1H3,(H,10,11). The number of nitrogens with zero attached hydrogens (tertiary/aromatic N) is 2. The van der Waals surface area contributed by atoms with Gasteiger partial charge in [-0.2, -0.15) is 0 Å².